The summed E-state index contributed by atoms with van der Waals surface area (Å²) in [7, 11) is 0. The van der Waals surface area contributed by atoms with E-state index in [0.717, 1.165) is 5.56 Å². The van der Waals surface area contributed by atoms with Crippen molar-refractivity contribution in [3.8, 4) is 11.1 Å². The Hall–Kier alpha value is -0.860. The molecule has 2 rings (SSSR count). The maximum Gasteiger partial charge on any atom is 0.131 e. The molecular weight excluding hydrogens is 207 g/mol. The molecule has 0 saturated carbocycles. The average molecular weight is 213 g/mol. The summed E-state index contributed by atoms with van der Waals surface area (Å²) in [5, 5.41) is 1.85. The van der Waals surface area contributed by atoms with Gasteiger partial charge in [0.05, 0.1) is 0 Å². The van der Waals surface area contributed by atoms with Gasteiger partial charge in [-0.3, -0.25) is 0 Å². The highest BCUT2D eigenvalue weighted by molar-refractivity contribution is 7.15. The van der Waals surface area contributed by atoms with E-state index in [-0.39, 0.29) is 5.82 Å². The fourth-order valence-electron chi connectivity index (χ4n) is 1.17. The molecule has 13 heavy (non-hydrogen) atoms. The molecule has 0 saturated heterocycles. The van der Waals surface area contributed by atoms with Crippen LogP contribution in [0.4, 0.5) is 4.39 Å². The third-order valence-corrected chi connectivity index (χ3v) is 2.95. The molecule has 3 heteroatoms. The minimum Gasteiger partial charge on any atom is -0.206 e. The summed E-state index contributed by atoms with van der Waals surface area (Å²) in [5.41, 5.74) is 1.33. The van der Waals surface area contributed by atoms with Crippen LogP contribution in [-0.4, -0.2) is 0 Å². The lowest BCUT2D eigenvalue weighted by Gasteiger charge is -1.99. The maximum absolute atomic E-state index is 13.3. The van der Waals surface area contributed by atoms with Gasteiger partial charge in [-0.1, -0.05) is 29.8 Å². The minimum absolute atomic E-state index is 0.234. The lowest BCUT2D eigenvalue weighted by molar-refractivity contribution is 0.631. The smallest absolute Gasteiger partial charge is 0.131 e. The molecule has 0 N–H and O–H groups in total. The predicted molar refractivity (Wildman–Crippen MR) is 54.7 cm³/mol. The monoisotopic (exact) mass is 212 g/mol. The first-order chi connectivity index (χ1) is 6.29. The van der Waals surface area contributed by atoms with Gasteiger partial charge >= 0.3 is 0 Å². The summed E-state index contributed by atoms with van der Waals surface area (Å²) in [6.45, 7) is 0. The van der Waals surface area contributed by atoms with Gasteiger partial charge in [-0.05, 0) is 17.5 Å². The Labute approximate surface area is 84.6 Å². The molecule has 0 nitrogen and oxygen atoms in total. The number of hydrogen-bond donors (Lipinski definition) is 0. The van der Waals surface area contributed by atoms with Crippen molar-refractivity contribution in [2.24, 2.45) is 0 Å². The van der Waals surface area contributed by atoms with Gasteiger partial charge in [-0.15, -0.1) is 11.3 Å². The molecule has 0 fully saturated rings. The molecule has 0 amide bonds. The van der Waals surface area contributed by atoms with E-state index in [1.807, 2.05) is 11.4 Å². The van der Waals surface area contributed by atoms with Gasteiger partial charge in [0.2, 0.25) is 0 Å². The van der Waals surface area contributed by atoms with Crippen molar-refractivity contribution in [3.63, 3.8) is 0 Å². The molecule has 1 aromatic heterocycles. The zero-order chi connectivity index (χ0) is 9.26. The summed E-state index contributed by atoms with van der Waals surface area (Å²) in [5.74, 6) is -0.234. The first-order valence-electron chi connectivity index (χ1n) is 3.77. The second-order valence-electron chi connectivity index (χ2n) is 2.59. The zero-order valence-electron chi connectivity index (χ0n) is 6.63. The van der Waals surface area contributed by atoms with Gasteiger partial charge in [-0.25, -0.2) is 4.39 Å². The molecule has 0 spiro atoms. The molecule has 0 bridgehead atoms. The Morgan fingerprint density at radius 3 is 2.46 bits per heavy atom. The number of hydrogen-bond acceptors (Lipinski definition) is 1. The molecule has 0 unspecified atom stereocenters. The van der Waals surface area contributed by atoms with Crippen molar-refractivity contribution in [2.75, 3.05) is 0 Å². The molecular formula is C10H6ClFS. The van der Waals surface area contributed by atoms with Crippen molar-refractivity contribution in [2.45, 2.75) is 0 Å². The summed E-state index contributed by atoms with van der Waals surface area (Å²) in [4.78, 5) is 0. The fraction of sp³-hybridized carbons (Fsp3) is 0. The van der Waals surface area contributed by atoms with Gasteiger partial charge in [-0.2, -0.15) is 0 Å². The average Bonchev–Trinajstić information content (AvgIpc) is 2.52. The first-order valence-corrected chi connectivity index (χ1v) is 5.02. The number of halogens is 2. The van der Waals surface area contributed by atoms with Gasteiger partial charge in [0, 0.05) is 11.1 Å². The van der Waals surface area contributed by atoms with Crippen LogP contribution in [0.2, 0.25) is 4.34 Å². The van der Waals surface area contributed by atoms with Crippen molar-refractivity contribution in [3.05, 3.63) is 45.9 Å². The topological polar surface area (TPSA) is 0 Å². The van der Waals surface area contributed by atoms with E-state index >= 15 is 0 Å². The van der Waals surface area contributed by atoms with Crippen LogP contribution in [0, 0.1) is 5.82 Å². The second-order valence-corrected chi connectivity index (χ2v) is 4.11. The van der Waals surface area contributed by atoms with E-state index in [0.29, 0.717) is 9.90 Å². The molecule has 0 aliphatic carbocycles. The van der Waals surface area contributed by atoms with E-state index in [2.05, 4.69) is 0 Å². The van der Waals surface area contributed by atoms with Crippen LogP contribution in [0.25, 0.3) is 11.1 Å². The quantitative estimate of drug-likeness (QED) is 0.665. The van der Waals surface area contributed by atoms with Crippen molar-refractivity contribution >= 4 is 22.9 Å². The summed E-state index contributed by atoms with van der Waals surface area (Å²) < 4.78 is 13.9. The normalized spacial score (nSPS) is 10.3. The molecule has 0 aliphatic rings. The molecule has 66 valence electrons. The summed E-state index contributed by atoms with van der Waals surface area (Å²) in [6.07, 6.45) is 0. The largest absolute Gasteiger partial charge is 0.206 e. The Balaban J connectivity index is 2.59. The Bertz CT molecular complexity index is 422. The highest BCUT2D eigenvalue weighted by Crippen LogP contribution is 2.33. The van der Waals surface area contributed by atoms with Crippen molar-refractivity contribution in [1.82, 2.24) is 0 Å². The van der Waals surface area contributed by atoms with Gasteiger partial charge in [0.15, 0.2) is 0 Å². The number of thiophene rings is 1. The molecule has 0 atom stereocenters. The van der Waals surface area contributed by atoms with Crippen molar-refractivity contribution in [1.29, 1.82) is 0 Å². The van der Waals surface area contributed by atoms with Crippen LogP contribution < -0.4 is 0 Å². The van der Waals surface area contributed by atoms with Crippen LogP contribution in [-0.2, 0) is 0 Å². The van der Waals surface area contributed by atoms with E-state index < -0.39 is 0 Å². The Morgan fingerprint density at radius 1 is 1.08 bits per heavy atom. The van der Waals surface area contributed by atoms with Crippen LogP contribution in [0.1, 0.15) is 0 Å². The van der Waals surface area contributed by atoms with Crippen LogP contribution in [0.15, 0.2) is 35.7 Å². The summed E-state index contributed by atoms with van der Waals surface area (Å²) in [6, 6.07) is 8.45. The van der Waals surface area contributed by atoms with E-state index in [9.17, 15) is 4.39 Å². The van der Waals surface area contributed by atoms with E-state index in [4.69, 9.17) is 11.6 Å². The van der Waals surface area contributed by atoms with E-state index in [1.54, 1.807) is 18.2 Å². The molecule has 0 radical (unpaired) electrons. The predicted octanol–water partition coefficient (Wildman–Crippen LogP) is 4.21. The highest BCUT2D eigenvalue weighted by atomic mass is 35.5. The third kappa shape index (κ3) is 1.60. The first kappa shape index (κ1) is 8.73. The van der Waals surface area contributed by atoms with Gasteiger partial charge in [0.1, 0.15) is 10.2 Å². The number of benzene rings is 1. The molecule has 1 aromatic carbocycles. The highest BCUT2D eigenvalue weighted by Gasteiger charge is 2.08. The van der Waals surface area contributed by atoms with Gasteiger partial charge in [0.25, 0.3) is 0 Å². The van der Waals surface area contributed by atoms with E-state index in [1.165, 1.54) is 17.4 Å². The minimum atomic E-state index is -0.234. The lowest BCUT2D eigenvalue weighted by atomic mass is 10.1. The van der Waals surface area contributed by atoms with Gasteiger partial charge < -0.3 is 0 Å². The standard InChI is InChI=1S/C10H6ClFS/c11-10-8(5-6-13-10)7-3-1-2-4-9(7)12/h1-6H. The van der Waals surface area contributed by atoms with Crippen LogP contribution in [0.3, 0.4) is 0 Å². The van der Waals surface area contributed by atoms with Crippen LogP contribution >= 0.6 is 22.9 Å². The fourth-order valence-corrected chi connectivity index (χ4v) is 2.11. The number of rotatable bonds is 1. The SMILES string of the molecule is Fc1ccccc1-c1ccsc1Cl. The summed E-state index contributed by atoms with van der Waals surface area (Å²) >= 11 is 7.30. The Morgan fingerprint density at radius 2 is 1.85 bits per heavy atom. The lowest BCUT2D eigenvalue weighted by Crippen LogP contribution is -1.80. The van der Waals surface area contributed by atoms with Crippen molar-refractivity contribution < 1.29 is 4.39 Å². The molecule has 0 aliphatic heterocycles. The maximum atomic E-state index is 13.3. The zero-order valence-corrected chi connectivity index (χ0v) is 8.20. The molecule has 2 aromatic rings. The molecule has 1 heterocycles. The third-order valence-electron chi connectivity index (χ3n) is 1.78. The Kier molecular flexibility index (Phi) is 2.34. The van der Waals surface area contributed by atoms with Crippen LogP contribution in [0.5, 0.6) is 0 Å². The second kappa shape index (κ2) is 3.48.